The van der Waals surface area contributed by atoms with Gasteiger partial charge in [0.2, 0.25) is 10.0 Å². The van der Waals surface area contributed by atoms with Crippen LogP contribution in [0.25, 0.3) is 0 Å². The summed E-state index contributed by atoms with van der Waals surface area (Å²) in [5.41, 5.74) is 0. The lowest BCUT2D eigenvalue weighted by Crippen LogP contribution is -2.34. The third-order valence-corrected chi connectivity index (χ3v) is 7.18. The van der Waals surface area contributed by atoms with E-state index in [1.54, 1.807) is 4.31 Å². The Balaban J connectivity index is 1.62. The largest absolute Gasteiger partial charge is 0.314 e. The molecule has 0 amide bonds. The fraction of sp³-hybridized carbons (Fsp3) is 0.867. The highest BCUT2D eigenvalue weighted by Crippen LogP contribution is 2.38. The molecule has 122 valence electrons. The van der Waals surface area contributed by atoms with Gasteiger partial charge in [0, 0.05) is 19.5 Å². The second-order valence-electron chi connectivity index (χ2n) is 6.93. The van der Waals surface area contributed by atoms with E-state index in [-0.39, 0.29) is 6.04 Å². The summed E-state index contributed by atoms with van der Waals surface area (Å²) in [5, 5.41) is 8.73. The molecule has 0 radical (unpaired) electrons. The molecule has 1 atom stereocenters. The van der Waals surface area contributed by atoms with Crippen molar-refractivity contribution in [2.45, 2.75) is 64.0 Å². The lowest BCUT2D eigenvalue weighted by molar-refractivity contribution is 0.369. The zero-order chi connectivity index (χ0) is 15.2. The van der Waals surface area contributed by atoms with Gasteiger partial charge in [-0.25, -0.2) is 8.42 Å². The maximum Gasteiger partial charge on any atom is 0.215 e. The molecule has 1 saturated carbocycles. The number of nitrogens with zero attached hydrogens (tertiary/aromatic N) is 4. The smallest absolute Gasteiger partial charge is 0.215 e. The van der Waals surface area contributed by atoms with Crippen LogP contribution in [0.4, 0.5) is 0 Å². The molecule has 1 aromatic heterocycles. The average molecular weight is 324 g/mol. The van der Waals surface area contributed by atoms with E-state index in [0.717, 1.165) is 63.1 Å². The van der Waals surface area contributed by atoms with Gasteiger partial charge in [0.1, 0.15) is 5.82 Å². The van der Waals surface area contributed by atoms with Crippen LogP contribution >= 0.6 is 0 Å². The van der Waals surface area contributed by atoms with Gasteiger partial charge in [-0.05, 0) is 44.4 Å². The number of hydrogen-bond acceptors (Lipinski definition) is 4. The Labute approximate surface area is 132 Å². The first-order valence-corrected chi connectivity index (χ1v) is 10.2. The minimum Gasteiger partial charge on any atom is -0.314 e. The van der Waals surface area contributed by atoms with E-state index in [2.05, 4.69) is 14.8 Å². The van der Waals surface area contributed by atoms with Gasteiger partial charge in [0.15, 0.2) is 5.82 Å². The van der Waals surface area contributed by atoms with Crippen molar-refractivity contribution in [1.29, 1.82) is 0 Å². The van der Waals surface area contributed by atoms with Gasteiger partial charge in [0.05, 0.1) is 11.8 Å². The highest BCUT2D eigenvalue weighted by atomic mass is 32.2. The summed E-state index contributed by atoms with van der Waals surface area (Å²) in [4.78, 5) is 0. The number of sulfonamides is 1. The molecule has 1 aromatic rings. The standard InChI is InChI=1S/C15H24N4O2S/c20-22(21,11-12-7-8-12)19-10-4-5-13(19)15-17-16-14-6-2-1-3-9-18(14)15/h12-13H,1-11H2. The van der Waals surface area contributed by atoms with Crippen LogP contribution in [0.5, 0.6) is 0 Å². The van der Waals surface area contributed by atoms with Crippen molar-refractivity contribution < 1.29 is 8.42 Å². The molecule has 1 aliphatic carbocycles. The van der Waals surface area contributed by atoms with Crippen molar-refractivity contribution in [3.05, 3.63) is 11.6 Å². The summed E-state index contributed by atoms with van der Waals surface area (Å²) in [6, 6.07) is -0.0944. The third kappa shape index (κ3) is 2.69. The molecule has 2 aliphatic heterocycles. The van der Waals surface area contributed by atoms with E-state index in [1.807, 2.05) is 0 Å². The van der Waals surface area contributed by atoms with Gasteiger partial charge in [-0.1, -0.05) is 6.42 Å². The zero-order valence-corrected chi connectivity index (χ0v) is 13.8. The molecule has 7 heteroatoms. The van der Waals surface area contributed by atoms with Crippen LogP contribution in [0.2, 0.25) is 0 Å². The van der Waals surface area contributed by atoms with Crippen LogP contribution in [0.3, 0.4) is 0 Å². The number of fused-ring (bicyclic) bond motifs is 1. The molecule has 6 nitrogen and oxygen atoms in total. The molecule has 2 fully saturated rings. The van der Waals surface area contributed by atoms with Gasteiger partial charge in [-0.3, -0.25) is 0 Å². The predicted octanol–water partition coefficient (Wildman–Crippen LogP) is 1.88. The second kappa shape index (κ2) is 5.60. The molecule has 3 aliphatic rings. The minimum absolute atomic E-state index is 0.0944. The third-order valence-electron chi connectivity index (χ3n) is 5.14. The maximum absolute atomic E-state index is 12.7. The van der Waals surface area contributed by atoms with Gasteiger partial charge in [0.25, 0.3) is 0 Å². The van der Waals surface area contributed by atoms with Crippen molar-refractivity contribution in [3.63, 3.8) is 0 Å². The Morgan fingerprint density at radius 3 is 2.68 bits per heavy atom. The monoisotopic (exact) mass is 324 g/mol. The van der Waals surface area contributed by atoms with Crippen LogP contribution in [0, 0.1) is 5.92 Å². The predicted molar refractivity (Wildman–Crippen MR) is 82.8 cm³/mol. The Morgan fingerprint density at radius 1 is 1.00 bits per heavy atom. The molecule has 22 heavy (non-hydrogen) atoms. The van der Waals surface area contributed by atoms with E-state index in [0.29, 0.717) is 18.2 Å². The summed E-state index contributed by atoms with van der Waals surface area (Å²) in [7, 11) is -3.16. The Bertz CT molecular complexity index is 650. The van der Waals surface area contributed by atoms with Crippen LogP contribution in [0.15, 0.2) is 0 Å². The number of rotatable bonds is 4. The summed E-state index contributed by atoms with van der Waals surface area (Å²) in [6.45, 7) is 1.58. The van der Waals surface area contributed by atoms with Gasteiger partial charge < -0.3 is 4.57 Å². The Morgan fingerprint density at radius 2 is 1.86 bits per heavy atom. The lowest BCUT2D eigenvalue weighted by Gasteiger charge is -2.24. The quantitative estimate of drug-likeness (QED) is 0.848. The highest BCUT2D eigenvalue weighted by Gasteiger charge is 2.40. The molecular formula is C15H24N4O2S. The van der Waals surface area contributed by atoms with E-state index < -0.39 is 10.0 Å². The van der Waals surface area contributed by atoms with E-state index in [4.69, 9.17) is 0 Å². The molecular weight excluding hydrogens is 300 g/mol. The number of aryl methyl sites for hydroxylation is 1. The summed E-state index contributed by atoms with van der Waals surface area (Å²) in [5.74, 6) is 2.64. The SMILES string of the molecule is O=S(=O)(CC1CC1)N1CCCC1c1nnc2n1CCCCC2. The molecule has 1 saturated heterocycles. The van der Waals surface area contributed by atoms with Gasteiger partial charge >= 0.3 is 0 Å². The first kappa shape index (κ1) is 14.6. The zero-order valence-electron chi connectivity index (χ0n) is 12.9. The fourth-order valence-corrected chi connectivity index (χ4v) is 5.88. The van der Waals surface area contributed by atoms with Crippen molar-refractivity contribution in [1.82, 2.24) is 19.1 Å². The van der Waals surface area contributed by atoms with Crippen LogP contribution < -0.4 is 0 Å². The van der Waals surface area contributed by atoms with Crippen molar-refractivity contribution in [3.8, 4) is 0 Å². The average Bonchev–Trinajstić information content (AvgIpc) is 3.06. The lowest BCUT2D eigenvalue weighted by atomic mass is 10.2. The second-order valence-corrected chi connectivity index (χ2v) is 8.89. The normalized spacial score (nSPS) is 26.8. The topological polar surface area (TPSA) is 68.1 Å². The highest BCUT2D eigenvalue weighted by molar-refractivity contribution is 7.89. The molecule has 1 unspecified atom stereocenters. The molecule has 4 rings (SSSR count). The Hall–Kier alpha value is -0.950. The van der Waals surface area contributed by atoms with E-state index in [9.17, 15) is 8.42 Å². The summed E-state index contributed by atoms with van der Waals surface area (Å²) in [6.07, 6.45) is 8.42. The first-order valence-electron chi connectivity index (χ1n) is 8.56. The molecule has 0 aromatic carbocycles. The molecule has 0 spiro atoms. The maximum atomic E-state index is 12.7. The van der Waals surface area contributed by atoms with Crippen molar-refractivity contribution >= 4 is 10.0 Å². The van der Waals surface area contributed by atoms with Crippen LogP contribution in [-0.4, -0.2) is 39.8 Å². The molecule has 0 bridgehead atoms. The Kier molecular flexibility index (Phi) is 3.72. The summed E-state index contributed by atoms with van der Waals surface area (Å²) >= 11 is 0. The van der Waals surface area contributed by atoms with E-state index in [1.165, 1.54) is 6.42 Å². The van der Waals surface area contributed by atoms with Crippen LogP contribution in [0.1, 0.15) is 62.6 Å². The van der Waals surface area contributed by atoms with Crippen LogP contribution in [-0.2, 0) is 23.0 Å². The van der Waals surface area contributed by atoms with E-state index >= 15 is 0 Å². The van der Waals surface area contributed by atoms with Crippen molar-refractivity contribution in [2.24, 2.45) is 5.92 Å². The van der Waals surface area contributed by atoms with Crippen molar-refractivity contribution in [2.75, 3.05) is 12.3 Å². The molecule has 0 N–H and O–H groups in total. The molecule has 3 heterocycles. The first-order chi connectivity index (χ1) is 10.6. The van der Waals surface area contributed by atoms with Gasteiger partial charge in [-0.15, -0.1) is 10.2 Å². The summed E-state index contributed by atoms with van der Waals surface area (Å²) < 4.78 is 29.3. The number of aromatic nitrogens is 3. The number of hydrogen-bond donors (Lipinski definition) is 0. The fourth-order valence-electron chi connectivity index (χ4n) is 3.76. The van der Waals surface area contributed by atoms with Gasteiger partial charge in [-0.2, -0.15) is 4.31 Å². The minimum atomic E-state index is -3.16.